The highest BCUT2D eigenvalue weighted by molar-refractivity contribution is 6.52. The molecule has 2 heterocycles. The molecule has 2 aliphatic heterocycles. The van der Waals surface area contributed by atoms with Crippen LogP contribution in [-0.4, -0.2) is 93.3 Å². The Morgan fingerprint density at radius 1 is 0.776 bits per heavy atom. The van der Waals surface area contributed by atoms with Gasteiger partial charge in [-0.05, 0) is 92.0 Å². The number of nitrogens with one attached hydrogen (secondary N) is 2. The van der Waals surface area contributed by atoms with Crippen molar-refractivity contribution in [2.75, 3.05) is 29.6 Å². The molecule has 4 amide bonds. The summed E-state index contributed by atoms with van der Waals surface area (Å²) >= 11 is 0. The number of aliphatic hydroxyl groups excluding tert-OH is 1. The number of rotatable bonds is 13. The molecule has 314 valence electrons. The van der Waals surface area contributed by atoms with E-state index in [4.69, 9.17) is 0 Å². The van der Waals surface area contributed by atoms with Crippen LogP contribution in [0.5, 0.6) is 0 Å². The molecule has 2 unspecified atom stereocenters. The van der Waals surface area contributed by atoms with Gasteiger partial charge in [-0.1, -0.05) is 13.8 Å². The van der Waals surface area contributed by atoms with Crippen molar-refractivity contribution in [3.8, 4) is 0 Å². The molecule has 14 nitrogen and oxygen atoms in total. The molecule has 5 rings (SSSR count). The van der Waals surface area contributed by atoms with Gasteiger partial charge in [-0.3, -0.25) is 34.4 Å². The second kappa shape index (κ2) is 16.3. The predicted octanol–water partition coefficient (Wildman–Crippen LogP) is 4.78. The first-order valence-corrected chi connectivity index (χ1v) is 20.2. The zero-order chi connectivity index (χ0) is 43.3. The first-order chi connectivity index (χ1) is 26.9. The van der Waals surface area contributed by atoms with Crippen LogP contribution in [0.2, 0.25) is 0 Å². The lowest BCUT2D eigenvalue weighted by Crippen LogP contribution is -2.42. The molecule has 0 fully saturated rings. The van der Waals surface area contributed by atoms with Crippen LogP contribution in [-0.2, 0) is 34.8 Å². The largest absolute Gasteiger partial charge is 0.506 e. The van der Waals surface area contributed by atoms with Crippen molar-refractivity contribution >= 4 is 57.6 Å². The molecule has 0 spiro atoms. The molecule has 0 bridgehead atoms. The summed E-state index contributed by atoms with van der Waals surface area (Å²) in [5, 5.41) is 39.1. The molecule has 58 heavy (non-hydrogen) atoms. The van der Waals surface area contributed by atoms with Crippen molar-refractivity contribution in [3.05, 3.63) is 57.3 Å². The molecule has 2 aromatic carbocycles. The van der Waals surface area contributed by atoms with Gasteiger partial charge >= 0.3 is 0 Å². The molecule has 2 atom stereocenters. The van der Waals surface area contributed by atoms with Crippen LogP contribution in [0.3, 0.4) is 0 Å². The first-order valence-electron chi connectivity index (χ1n) is 20.2. The number of amides is 4. The summed E-state index contributed by atoms with van der Waals surface area (Å²) in [5.41, 5.74) is 3.22. The van der Waals surface area contributed by atoms with E-state index in [9.17, 15) is 39.5 Å². The van der Waals surface area contributed by atoms with E-state index in [2.05, 4.69) is 89.3 Å². The SMILES string of the molecule is CC(C)N1c2cc(NC(=O)CCCC(=O)N(C)O)c(C3=C(O)/C(=c4/cc5c(cc4NC(=O)CCCC(=O)N(C)O)=[N+](C(C)C)C(C)C5(C)C)C3=O)cc2C(C)(C)C1C. The minimum Gasteiger partial charge on any atom is -0.506 e. The number of hydrogen-bond donors (Lipinski definition) is 5. The van der Waals surface area contributed by atoms with Crippen LogP contribution in [0.4, 0.5) is 17.1 Å². The molecule has 3 aliphatic rings. The van der Waals surface area contributed by atoms with Gasteiger partial charge in [-0.25, -0.2) is 14.7 Å². The lowest BCUT2D eigenvalue weighted by molar-refractivity contribution is -0.159. The Hall–Kier alpha value is -5.08. The van der Waals surface area contributed by atoms with Crippen LogP contribution in [0, 0.1) is 0 Å². The Labute approximate surface area is 340 Å². The van der Waals surface area contributed by atoms with Gasteiger partial charge in [-0.2, -0.15) is 0 Å². The number of hydrogen-bond acceptors (Lipinski definition) is 9. The normalized spacial score (nSPS) is 20.0. The van der Waals surface area contributed by atoms with Crippen LogP contribution in [0.1, 0.15) is 124 Å². The van der Waals surface area contributed by atoms with Gasteiger partial charge < -0.3 is 20.6 Å². The number of anilines is 3. The van der Waals surface area contributed by atoms with Gasteiger partial charge in [0.2, 0.25) is 34.8 Å². The fourth-order valence-corrected chi connectivity index (χ4v) is 8.72. The highest BCUT2D eigenvalue weighted by Gasteiger charge is 2.48. The Balaban J connectivity index is 1.68. The van der Waals surface area contributed by atoms with E-state index >= 15 is 0 Å². The number of aliphatic hydroxyl groups is 1. The monoisotopic (exact) mass is 801 g/mol. The van der Waals surface area contributed by atoms with Crippen molar-refractivity contribution in [2.45, 2.75) is 143 Å². The summed E-state index contributed by atoms with van der Waals surface area (Å²) in [5.74, 6) is -2.55. The van der Waals surface area contributed by atoms with Crippen molar-refractivity contribution < 1.29 is 39.5 Å². The topological polar surface area (TPSA) is 183 Å². The number of hydroxylamine groups is 4. The highest BCUT2D eigenvalue weighted by atomic mass is 16.5. The standard InChI is InChI=1S/C44H60N6O8/c1-23(2)49-25(5)43(7,8)29-19-27(31(21-33(29)49)45-35(51)15-13-17-37(53)47(11)57)39-41(55)40(42(39)56)28-20-30-34(50(24(3)4)26(6)44(30,9)10)22-32(28)46-36(52)16-14-18-38(54)48(12)58/h19-26,57-58H,13-18H2,1-12H3,(H2,45,46,51,52,55,56)/p+1. The van der Waals surface area contributed by atoms with Gasteiger partial charge in [0.15, 0.2) is 6.04 Å². The Morgan fingerprint density at radius 3 is 1.79 bits per heavy atom. The first kappa shape index (κ1) is 44.0. The maximum atomic E-state index is 14.6. The van der Waals surface area contributed by atoms with E-state index < -0.39 is 29.4 Å². The zero-order valence-electron chi connectivity index (χ0n) is 36.0. The summed E-state index contributed by atoms with van der Waals surface area (Å²) in [4.78, 5) is 67.7. The van der Waals surface area contributed by atoms with Gasteiger partial charge in [0.05, 0.1) is 27.9 Å². The van der Waals surface area contributed by atoms with Gasteiger partial charge in [0.1, 0.15) is 11.8 Å². The third-order valence-electron chi connectivity index (χ3n) is 12.6. The quantitative estimate of drug-likeness (QED) is 0.108. The summed E-state index contributed by atoms with van der Waals surface area (Å²) in [6.45, 7) is 21.2. The molecule has 2 aromatic rings. The second-order valence-corrected chi connectivity index (χ2v) is 17.7. The van der Waals surface area contributed by atoms with Gasteiger partial charge in [0.25, 0.3) is 0 Å². The number of carbonyl (C=O) groups is 5. The molecule has 14 heteroatoms. The number of Topliss-reactive ketones (excluding diaryl/α,β-unsaturated/α-hetero) is 1. The fraction of sp³-hybridized carbons (Fsp3) is 0.545. The average molecular weight is 802 g/mol. The minimum absolute atomic E-state index is 0.0209. The van der Waals surface area contributed by atoms with Crippen molar-refractivity contribution in [3.63, 3.8) is 0 Å². The number of benzene rings is 2. The zero-order valence-corrected chi connectivity index (χ0v) is 36.0. The lowest BCUT2D eigenvalue weighted by atomic mass is 9.76. The van der Waals surface area contributed by atoms with Gasteiger partial charge in [0, 0.05) is 85.4 Å². The number of fused-ring (bicyclic) bond motifs is 2. The minimum atomic E-state index is -0.519. The fourth-order valence-electron chi connectivity index (χ4n) is 8.72. The van der Waals surface area contributed by atoms with Crippen LogP contribution in [0.25, 0.3) is 11.1 Å². The third-order valence-corrected chi connectivity index (χ3v) is 12.6. The number of allylic oxidation sites excluding steroid dienone is 2. The molecule has 1 aliphatic carbocycles. The van der Waals surface area contributed by atoms with E-state index in [-0.39, 0.29) is 90.4 Å². The van der Waals surface area contributed by atoms with Crippen molar-refractivity contribution in [1.29, 1.82) is 0 Å². The highest BCUT2D eigenvalue weighted by Crippen LogP contribution is 2.51. The molecule has 0 radical (unpaired) electrons. The lowest BCUT2D eigenvalue weighted by Gasteiger charge is -2.34. The Kier molecular flexibility index (Phi) is 12.4. The molecule has 0 saturated carbocycles. The Morgan fingerprint density at radius 2 is 1.31 bits per heavy atom. The van der Waals surface area contributed by atoms with Gasteiger partial charge in [-0.15, -0.1) is 0 Å². The van der Waals surface area contributed by atoms with E-state index in [0.717, 1.165) is 22.2 Å². The molecule has 0 saturated heterocycles. The third kappa shape index (κ3) is 7.88. The number of ketones is 1. The predicted molar refractivity (Wildman–Crippen MR) is 223 cm³/mol. The van der Waals surface area contributed by atoms with E-state index in [1.165, 1.54) is 14.1 Å². The summed E-state index contributed by atoms with van der Waals surface area (Å²) in [6.07, 6.45) is 0.270. The number of carbonyl (C=O) groups excluding carboxylic acids is 5. The molecular weight excluding hydrogens is 741 g/mol. The maximum Gasteiger partial charge on any atom is 0.245 e. The number of nitrogens with zero attached hydrogens (tertiary/aromatic N) is 4. The Bertz CT molecular complexity index is 2220. The molecule has 0 aromatic heterocycles. The summed E-state index contributed by atoms with van der Waals surface area (Å²) in [7, 11) is 2.46. The van der Waals surface area contributed by atoms with Crippen molar-refractivity contribution in [2.24, 2.45) is 0 Å². The maximum absolute atomic E-state index is 14.6. The van der Waals surface area contributed by atoms with Crippen LogP contribution < -0.4 is 30.7 Å². The van der Waals surface area contributed by atoms with Crippen LogP contribution >= 0.6 is 0 Å². The van der Waals surface area contributed by atoms with E-state index in [0.29, 0.717) is 32.3 Å². The van der Waals surface area contributed by atoms with Crippen LogP contribution in [0.15, 0.2) is 30.0 Å². The molecular formula is C44H61N6O8+. The summed E-state index contributed by atoms with van der Waals surface area (Å²) < 4.78 is 2.28. The second-order valence-electron chi connectivity index (χ2n) is 17.7. The van der Waals surface area contributed by atoms with Crippen molar-refractivity contribution in [1.82, 2.24) is 14.7 Å². The average Bonchev–Trinajstić information content (AvgIpc) is 3.44. The smallest absolute Gasteiger partial charge is 0.245 e. The van der Waals surface area contributed by atoms with E-state index in [1.807, 2.05) is 24.3 Å². The van der Waals surface area contributed by atoms with E-state index in [1.54, 1.807) is 0 Å². The summed E-state index contributed by atoms with van der Waals surface area (Å²) in [6, 6.07) is 7.86. The molecule has 5 N–H and O–H groups in total.